The van der Waals surface area contributed by atoms with Crippen molar-refractivity contribution >= 4 is 5.96 Å². The molecule has 6 heteroatoms. The summed E-state index contributed by atoms with van der Waals surface area (Å²) < 4.78 is 5.38. The fourth-order valence-corrected chi connectivity index (χ4v) is 3.08. The number of rotatable bonds is 9. The minimum absolute atomic E-state index is 0.582. The van der Waals surface area contributed by atoms with Gasteiger partial charge in [-0.15, -0.1) is 0 Å². The van der Waals surface area contributed by atoms with Crippen LogP contribution in [0.15, 0.2) is 4.99 Å². The zero-order valence-electron chi connectivity index (χ0n) is 15.2. The molecule has 2 fully saturated rings. The molecule has 2 aliphatic rings. The van der Waals surface area contributed by atoms with Gasteiger partial charge in [0.05, 0.1) is 19.8 Å². The molecule has 0 bridgehead atoms. The summed E-state index contributed by atoms with van der Waals surface area (Å²) >= 11 is 0. The Hall–Kier alpha value is -0.850. The lowest BCUT2D eigenvalue weighted by molar-refractivity contribution is 0.0376. The third kappa shape index (κ3) is 7.06. The first-order chi connectivity index (χ1) is 11.2. The van der Waals surface area contributed by atoms with Crippen molar-refractivity contribution in [1.82, 2.24) is 20.4 Å². The lowest BCUT2D eigenvalue weighted by atomic mass is 10.2. The van der Waals surface area contributed by atoms with Crippen molar-refractivity contribution in [2.75, 3.05) is 66.6 Å². The molecule has 23 heavy (non-hydrogen) atoms. The highest BCUT2D eigenvalue weighted by molar-refractivity contribution is 5.79. The van der Waals surface area contributed by atoms with Gasteiger partial charge >= 0.3 is 0 Å². The number of morpholine rings is 1. The third-order valence-corrected chi connectivity index (χ3v) is 4.66. The molecule has 2 rings (SSSR count). The summed E-state index contributed by atoms with van der Waals surface area (Å²) in [6, 6.07) is 0.582. The predicted molar refractivity (Wildman–Crippen MR) is 96.1 cm³/mol. The molecule has 0 aromatic rings. The van der Waals surface area contributed by atoms with Gasteiger partial charge in [-0.05, 0) is 52.7 Å². The molecule has 1 heterocycles. The zero-order chi connectivity index (χ0) is 16.5. The average molecular weight is 326 g/mol. The van der Waals surface area contributed by atoms with Gasteiger partial charge in [0, 0.05) is 32.2 Å². The third-order valence-electron chi connectivity index (χ3n) is 4.66. The van der Waals surface area contributed by atoms with E-state index in [1.807, 2.05) is 0 Å². The van der Waals surface area contributed by atoms with Crippen molar-refractivity contribution in [3.63, 3.8) is 0 Å². The fraction of sp³-hybridized carbons (Fsp3) is 0.941. The highest BCUT2D eigenvalue weighted by Gasteiger charge is 2.32. The van der Waals surface area contributed by atoms with Crippen LogP contribution in [0.3, 0.4) is 0 Å². The van der Waals surface area contributed by atoms with Crippen molar-refractivity contribution < 1.29 is 4.74 Å². The summed E-state index contributed by atoms with van der Waals surface area (Å²) in [5.74, 6) is 1.81. The van der Waals surface area contributed by atoms with Crippen LogP contribution in [0, 0.1) is 5.92 Å². The topological polar surface area (TPSA) is 52.1 Å². The number of ether oxygens (including phenoxy) is 1. The van der Waals surface area contributed by atoms with Crippen LogP contribution in [0.25, 0.3) is 0 Å². The molecule has 134 valence electrons. The molecule has 0 aromatic carbocycles. The van der Waals surface area contributed by atoms with Crippen molar-refractivity contribution in [3.05, 3.63) is 0 Å². The molecule has 1 atom stereocenters. The molecule has 1 unspecified atom stereocenters. The van der Waals surface area contributed by atoms with E-state index in [1.54, 1.807) is 0 Å². The van der Waals surface area contributed by atoms with Crippen LogP contribution in [-0.2, 0) is 4.74 Å². The standard InChI is InChI=1S/C17H35N5O/c1-4-18-17(20-14-16(21(2)3)15-6-7-15)19-8-5-9-22-10-12-23-13-11-22/h15-16H,4-14H2,1-3H3,(H2,18,19,20). The number of nitrogens with one attached hydrogen (secondary N) is 2. The molecule has 0 spiro atoms. The van der Waals surface area contributed by atoms with Gasteiger partial charge in [-0.25, -0.2) is 0 Å². The summed E-state index contributed by atoms with van der Waals surface area (Å²) in [6.07, 6.45) is 3.87. The highest BCUT2D eigenvalue weighted by atomic mass is 16.5. The Labute approximate surface area is 141 Å². The van der Waals surface area contributed by atoms with Crippen LogP contribution in [0.2, 0.25) is 0 Å². The van der Waals surface area contributed by atoms with Crippen LogP contribution in [0.4, 0.5) is 0 Å². The van der Waals surface area contributed by atoms with Crippen molar-refractivity contribution in [3.8, 4) is 0 Å². The van der Waals surface area contributed by atoms with E-state index in [9.17, 15) is 0 Å². The van der Waals surface area contributed by atoms with Gasteiger partial charge in [-0.3, -0.25) is 9.89 Å². The number of hydrogen-bond acceptors (Lipinski definition) is 4. The van der Waals surface area contributed by atoms with Crippen molar-refractivity contribution in [2.24, 2.45) is 10.9 Å². The Morgan fingerprint density at radius 2 is 2.00 bits per heavy atom. The maximum absolute atomic E-state index is 5.38. The second-order valence-corrected chi connectivity index (χ2v) is 6.82. The average Bonchev–Trinajstić information content (AvgIpc) is 3.37. The van der Waals surface area contributed by atoms with E-state index < -0.39 is 0 Å². The summed E-state index contributed by atoms with van der Waals surface area (Å²) in [5.41, 5.74) is 0. The molecule has 0 radical (unpaired) electrons. The number of hydrogen-bond donors (Lipinski definition) is 2. The summed E-state index contributed by atoms with van der Waals surface area (Å²) in [7, 11) is 4.34. The summed E-state index contributed by atoms with van der Waals surface area (Å²) in [5, 5.41) is 6.84. The van der Waals surface area contributed by atoms with Crippen LogP contribution in [0.1, 0.15) is 26.2 Å². The zero-order valence-corrected chi connectivity index (χ0v) is 15.2. The summed E-state index contributed by atoms with van der Waals surface area (Å²) in [6.45, 7) is 9.92. The van der Waals surface area contributed by atoms with Crippen LogP contribution < -0.4 is 10.6 Å². The molecule has 0 aromatic heterocycles. The monoisotopic (exact) mass is 325 g/mol. The second-order valence-electron chi connectivity index (χ2n) is 6.82. The Morgan fingerprint density at radius 1 is 1.26 bits per heavy atom. The molecule has 1 saturated heterocycles. The molecular weight excluding hydrogens is 290 g/mol. The maximum atomic E-state index is 5.38. The summed E-state index contributed by atoms with van der Waals surface area (Å²) in [4.78, 5) is 9.60. The quantitative estimate of drug-likeness (QED) is 0.369. The number of likely N-dealkylation sites (N-methyl/N-ethyl adjacent to an activating group) is 1. The minimum Gasteiger partial charge on any atom is -0.379 e. The molecule has 2 N–H and O–H groups in total. The number of guanidine groups is 1. The normalized spacial score (nSPS) is 21.5. The van der Waals surface area contributed by atoms with Gasteiger partial charge in [0.15, 0.2) is 5.96 Å². The molecule has 0 amide bonds. The highest BCUT2D eigenvalue weighted by Crippen LogP contribution is 2.34. The van der Waals surface area contributed by atoms with Crippen molar-refractivity contribution in [2.45, 2.75) is 32.2 Å². The SMILES string of the molecule is CCNC(=NCC(C1CC1)N(C)C)NCCCN1CCOCC1. The smallest absolute Gasteiger partial charge is 0.191 e. The van der Waals surface area contributed by atoms with E-state index in [-0.39, 0.29) is 0 Å². The predicted octanol–water partition coefficient (Wildman–Crippen LogP) is 0.604. The molecule has 6 nitrogen and oxygen atoms in total. The van der Waals surface area contributed by atoms with Crippen LogP contribution in [-0.4, -0.2) is 88.4 Å². The van der Waals surface area contributed by atoms with Crippen LogP contribution >= 0.6 is 0 Å². The second kappa shape index (κ2) is 10.1. The molecule has 1 aliphatic heterocycles. The fourth-order valence-electron chi connectivity index (χ4n) is 3.08. The van der Waals surface area contributed by atoms with E-state index in [0.29, 0.717) is 6.04 Å². The van der Waals surface area contributed by atoms with E-state index in [1.165, 1.54) is 12.8 Å². The number of aliphatic imine (C=N–C) groups is 1. The van der Waals surface area contributed by atoms with E-state index >= 15 is 0 Å². The van der Waals surface area contributed by atoms with Gasteiger partial charge < -0.3 is 20.3 Å². The van der Waals surface area contributed by atoms with E-state index in [2.05, 4.69) is 41.5 Å². The van der Waals surface area contributed by atoms with E-state index in [4.69, 9.17) is 9.73 Å². The van der Waals surface area contributed by atoms with Crippen LogP contribution in [0.5, 0.6) is 0 Å². The Kier molecular flexibility index (Phi) is 8.12. The largest absolute Gasteiger partial charge is 0.379 e. The van der Waals surface area contributed by atoms with Gasteiger partial charge in [-0.2, -0.15) is 0 Å². The first-order valence-electron chi connectivity index (χ1n) is 9.19. The van der Waals surface area contributed by atoms with E-state index in [0.717, 1.165) is 70.8 Å². The lowest BCUT2D eigenvalue weighted by Crippen LogP contribution is -2.41. The Balaban J connectivity index is 1.68. The Bertz CT molecular complexity index is 349. The van der Waals surface area contributed by atoms with Gasteiger partial charge in [-0.1, -0.05) is 0 Å². The molecule has 1 aliphatic carbocycles. The first-order valence-corrected chi connectivity index (χ1v) is 9.19. The first kappa shape index (κ1) is 18.5. The van der Waals surface area contributed by atoms with Gasteiger partial charge in [0.2, 0.25) is 0 Å². The van der Waals surface area contributed by atoms with Gasteiger partial charge in [0.25, 0.3) is 0 Å². The maximum Gasteiger partial charge on any atom is 0.191 e. The van der Waals surface area contributed by atoms with Crippen molar-refractivity contribution in [1.29, 1.82) is 0 Å². The number of nitrogens with zero attached hydrogens (tertiary/aromatic N) is 3. The lowest BCUT2D eigenvalue weighted by Gasteiger charge is -2.26. The minimum atomic E-state index is 0.582. The molecular formula is C17H35N5O. The molecule has 1 saturated carbocycles. The van der Waals surface area contributed by atoms with Gasteiger partial charge in [0.1, 0.15) is 0 Å². The Morgan fingerprint density at radius 3 is 2.61 bits per heavy atom.